The maximum atomic E-state index is 12.7. The number of hydrogen-bond donors (Lipinski definition) is 1. The molecule has 1 atom stereocenters. The van der Waals surface area contributed by atoms with Crippen LogP contribution in [0.15, 0.2) is 24.3 Å². The largest absolute Gasteiger partial charge is 0.353 e. The lowest BCUT2D eigenvalue weighted by Gasteiger charge is -2.29. The van der Waals surface area contributed by atoms with E-state index in [2.05, 4.69) is 12.2 Å². The first-order valence-electron chi connectivity index (χ1n) is 8.19. The van der Waals surface area contributed by atoms with Crippen LogP contribution < -0.4 is 5.32 Å². The Balaban J connectivity index is 1.65. The number of hydrogen-bond acceptors (Lipinski definition) is 1. The number of nitrogens with one attached hydrogen (secondary N) is 1. The fraction of sp³-hybridized carbons (Fsp3) is 0.611. The standard InChI is InChI=1S/C18H24ClNO/c1-13(14-5-3-2-4-6-14)20-17(21)18(11-12-18)15-7-9-16(19)10-8-15/h7-10,13-14H,2-6,11-12H2,1H3,(H,20,21). The van der Waals surface area contributed by atoms with Crippen LogP contribution in [0.2, 0.25) is 5.02 Å². The highest BCUT2D eigenvalue weighted by Crippen LogP contribution is 2.48. The molecule has 114 valence electrons. The molecule has 0 aliphatic heterocycles. The van der Waals surface area contributed by atoms with E-state index in [1.165, 1.54) is 32.1 Å². The van der Waals surface area contributed by atoms with Crippen LogP contribution in [0.5, 0.6) is 0 Å². The summed E-state index contributed by atoms with van der Waals surface area (Å²) in [6, 6.07) is 8.06. The third-order valence-corrected chi connectivity index (χ3v) is 5.55. The van der Waals surface area contributed by atoms with E-state index >= 15 is 0 Å². The summed E-state index contributed by atoms with van der Waals surface area (Å²) in [4.78, 5) is 12.7. The van der Waals surface area contributed by atoms with E-state index in [0.717, 1.165) is 23.4 Å². The van der Waals surface area contributed by atoms with Crippen molar-refractivity contribution in [1.82, 2.24) is 5.32 Å². The van der Waals surface area contributed by atoms with Crippen LogP contribution in [0.25, 0.3) is 0 Å². The summed E-state index contributed by atoms with van der Waals surface area (Å²) < 4.78 is 0. The van der Waals surface area contributed by atoms with Gasteiger partial charge >= 0.3 is 0 Å². The molecule has 21 heavy (non-hydrogen) atoms. The minimum absolute atomic E-state index is 0.211. The van der Waals surface area contributed by atoms with Crippen LogP contribution in [0.4, 0.5) is 0 Å². The van der Waals surface area contributed by atoms with Crippen molar-refractivity contribution in [3.63, 3.8) is 0 Å². The summed E-state index contributed by atoms with van der Waals surface area (Å²) >= 11 is 5.95. The van der Waals surface area contributed by atoms with Crippen molar-refractivity contribution in [3.8, 4) is 0 Å². The average Bonchev–Trinajstić information content (AvgIpc) is 3.30. The van der Waals surface area contributed by atoms with Crippen molar-refractivity contribution in [1.29, 1.82) is 0 Å². The van der Waals surface area contributed by atoms with Crippen molar-refractivity contribution in [3.05, 3.63) is 34.9 Å². The Morgan fingerprint density at radius 2 is 1.81 bits per heavy atom. The Bertz CT molecular complexity index is 500. The van der Waals surface area contributed by atoms with Crippen LogP contribution in [0, 0.1) is 5.92 Å². The van der Waals surface area contributed by atoms with Crippen molar-refractivity contribution in [2.24, 2.45) is 5.92 Å². The zero-order chi connectivity index (χ0) is 14.9. The highest BCUT2D eigenvalue weighted by Gasteiger charge is 2.51. The number of carbonyl (C=O) groups excluding carboxylic acids is 1. The van der Waals surface area contributed by atoms with Crippen molar-refractivity contribution in [2.75, 3.05) is 0 Å². The maximum Gasteiger partial charge on any atom is 0.230 e. The third-order valence-electron chi connectivity index (χ3n) is 5.30. The Labute approximate surface area is 132 Å². The molecular formula is C18H24ClNO. The van der Waals surface area contributed by atoms with Gasteiger partial charge in [0.15, 0.2) is 0 Å². The molecule has 2 nitrogen and oxygen atoms in total. The fourth-order valence-corrected chi connectivity index (χ4v) is 3.76. The predicted molar refractivity (Wildman–Crippen MR) is 86.5 cm³/mol. The molecule has 0 spiro atoms. The molecule has 0 bridgehead atoms. The van der Waals surface area contributed by atoms with E-state index in [9.17, 15) is 4.79 Å². The molecule has 3 heteroatoms. The van der Waals surface area contributed by atoms with Crippen LogP contribution in [-0.4, -0.2) is 11.9 Å². The second-order valence-electron chi connectivity index (χ2n) is 6.75. The molecule has 3 rings (SSSR count). The second-order valence-corrected chi connectivity index (χ2v) is 7.19. The molecule has 0 radical (unpaired) electrons. The summed E-state index contributed by atoms with van der Waals surface area (Å²) in [5.74, 6) is 0.867. The molecule has 1 amide bonds. The minimum atomic E-state index is -0.284. The monoisotopic (exact) mass is 305 g/mol. The van der Waals surface area contributed by atoms with Gasteiger partial charge in [0.05, 0.1) is 5.41 Å². The SMILES string of the molecule is CC(NC(=O)C1(c2ccc(Cl)cc2)CC1)C1CCCCC1. The van der Waals surface area contributed by atoms with Crippen LogP contribution in [-0.2, 0) is 10.2 Å². The topological polar surface area (TPSA) is 29.1 Å². The molecule has 1 aromatic rings. The van der Waals surface area contributed by atoms with E-state index in [0.29, 0.717) is 12.0 Å². The van der Waals surface area contributed by atoms with E-state index < -0.39 is 0 Å². The van der Waals surface area contributed by atoms with Gasteiger partial charge in [-0.25, -0.2) is 0 Å². The summed E-state index contributed by atoms with van der Waals surface area (Å²) in [6.45, 7) is 2.17. The molecule has 2 aliphatic carbocycles. The minimum Gasteiger partial charge on any atom is -0.353 e. The Hall–Kier alpha value is -1.02. The Kier molecular flexibility index (Phi) is 4.26. The fourth-order valence-electron chi connectivity index (χ4n) is 3.64. The third kappa shape index (κ3) is 3.11. The van der Waals surface area contributed by atoms with Crippen LogP contribution in [0.1, 0.15) is 57.4 Å². The van der Waals surface area contributed by atoms with E-state index in [-0.39, 0.29) is 11.3 Å². The lowest BCUT2D eigenvalue weighted by atomic mass is 9.84. The molecule has 1 N–H and O–H groups in total. The molecule has 2 saturated carbocycles. The maximum absolute atomic E-state index is 12.7. The van der Waals surface area contributed by atoms with Gasteiger partial charge in [0.1, 0.15) is 0 Å². The number of halogens is 1. The number of rotatable bonds is 4. The summed E-state index contributed by atoms with van der Waals surface area (Å²) in [5.41, 5.74) is 0.827. The van der Waals surface area contributed by atoms with E-state index in [1.807, 2.05) is 24.3 Å². The predicted octanol–water partition coefficient (Wildman–Crippen LogP) is 4.46. The second kappa shape index (κ2) is 6.00. The smallest absolute Gasteiger partial charge is 0.230 e. The molecule has 0 saturated heterocycles. The van der Waals surface area contributed by atoms with Gasteiger partial charge in [-0.3, -0.25) is 4.79 Å². The van der Waals surface area contributed by atoms with Gasteiger partial charge in [-0.2, -0.15) is 0 Å². The zero-order valence-corrected chi connectivity index (χ0v) is 13.5. The average molecular weight is 306 g/mol. The van der Waals surface area contributed by atoms with Crippen molar-refractivity contribution < 1.29 is 4.79 Å². The van der Waals surface area contributed by atoms with Gasteiger partial charge in [-0.05, 0) is 56.2 Å². The molecule has 2 fully saturated rings. The van der Waals surface area contributed by atoms with Gasteiger partial charge in [-0.15, -0.1) is 0 Å². The zero-order valence-electron chi connectivity index (χ0n) is 12.7. The number of carbonyl (C=O) groups is 1. The first-order chi connectivity index (χ1) is 10.1. The number of amides is 1. The lowest BCUT2D eigenvalue weighted by molar-refractivity contribution is -0.124. The van der Waals surface area contributed by atoms with Gasteiger partial charge < -0.3 is 5.32 Å². The highest BCUT2D eigenvalue weighted by molar-refractivity contribution is 6.30. The molecule has 0 heterocycles. The van der Waals surface area contributed by atoms with Gasteiger partial charge in [0, 0.05) is 11.1 Å². The number of benzene rings is 1. The quantitative estimate of drug-likeness (QED) is 0.874. The highest BCUT2D eigenvalue weighted by atomic mass is 35.5. The molecule has 2 aliphatic rings. The first kappa shape index (κ1) is 14.9. The van der Waals surface area contributed by atoms with Crippen molar-refractivity contribution >= 4 is 17.5 Å². The summed E-state index contributed by atoms with van der Waals surface area (Å²) in [7, 11) is 0. The Morgan fingerprint density at radius 3 is 2.38 bits per heavy atom. The van der Waals surface area contributed by atoms with Gasteiger partial charge in [0.25, 0.3) is 0 Å². The molecular weight excluding hydrogens is 282 g/mol. The molecule has 1 unspecified atom stereocenters. The first-order valence-corrected chi connectivity index (χ1v) is 8.57. The summed E-state index contributed by atoms with van der Waals surface area (Å²) in [6.07, 6.45) is 8.41. The normalized spacial score (nSPS) is 22.6. The van der Waals surface area contributed by atoms with Gasteiger partial charge in [-0.1, -0.05) is 43.0 Å². The summed E-state index contributed by atoms with van der Waals surface area (Å²) in [5, 5.41) is 4.02. The van der Waals surface area contributed by atoms with Crippen LogP contribution in [0.3, 0.4) is 0 Å². The van der Waals surface area contributed by atoms with Crippen LogP contribution >= 0.6 is 11.6 Å². The van der Waals surface area contributed by atoms with E-state index in [1.54, 1.807) is 0 Å². The lowest BCUT2D eigenvalue weighted by Crippen LogP contribution is -2.44. The van der Waals surface area contributed by atoms with Gasteiger partial charge in [0.2, 0.25) is 5.91 Å². The molecule has 0 aromatic heterocycles. The van der Waals surface area contributed by atoms with E-state index in [4.69, 9.17) is 11.6 Å². The molecule has 1 aromatic carbocycles. The van der Waals surface area contributed by atoms with Crippen molar-refractivity contribution in [2.45, 2.75) is 63.3 Å². The Morgan fingerprint density at radius 1 is 1.19 bits per heavy atom.